The molecule has 0 spiro atoms. The second-order valence-corrected chi connectivity index (χ2v) is 6.82. The number of ether oxygens (including phenoxy) is 1. The van der Waals surface area contributed by atoms with E-state index in [0.29, 0.717) is 30.3 Å². The van der Waals surface area contributed by atoms with Gasteiger partial charge in [-0.05, 0) is 61.8 Å². The molecule has 1 fully saturated rings. The van der Waals surface area contributed by atoms with Gasteiger partial charge in [-0.3, -0.25) is 4.68 Å². The molecular weight excluding hydrogens is 377 g/mol. The first kappa shape index (κ1) is 19.5. The van der Waals surface area contributed by atoms with E-state index in [1.54, 1.807) is 7.11 Å². The van der Waals surface area contributed by atoms with Gasteiger partial charge in [0.05, 0.1) is 7.11 Å². The molecule has 146 valence electrons. The minimum atomic E-state index is -4.41. The number of hydrogen-bond acceptors (Lipinski definition) is 3. The molecule has 1 saturated carbocycles. The van der Waals surface area contributed by atoms with Crippen molar-refractivity contribution in [3.8, 4) is 5.75 Å². The topological polar surface area (TPSA) is 51.1 Å². The highest BCUT2D eigenvalue weighted by Gasteiger charge is 2.37. The predicted octanol–water partition coefficient (Wildman–Crippen LogP) is 4.16. The first-order chi connectivity index (χ1) is 12.9. The zero-order valence-corrected chi connectivity index (χ0v) is 15.7. The van der Waals surface area contributed by atoms with Crippen LogP contribution >= 0.6 is 12.2 Å². The Balaban J connectivity index is 1.47. The van der Waals surface area contributed by atoms with Crippen LogP contribution in [0.25, 0.3) is 0 Å². The monoisotopic (exact) mass is 398 g/mol. The Kier molecular flexibility index (Phi) is 5.88. The second-order valence-electron chi connectivity index (χ2n) is 6.41. The van der Waals surface area contributed by atoms with E-state index in [0.717, 1.165) is 24.3 Å². The summed E-state index contributed by atoms with van der Waals surface area (Å²) in [5, 5.41) is 10.3. The highest BCUT2D eigenvalue weighted by Crippen LogP contribution is 2.42. The molecule has 0 atom stereocenters. The third-order valence-electron chi connectivity index (χ3n) is 4.28. The molecule has 3 rings (SSSR count). The number of aryl methyl sites for hydroxylation is 1. The van der Waals surface area contributed by atoms with Crippen LogP contribution in [-0.4, -0.2) is 28.5 Å². The average Bonchev–Trinajstić information content (AvgIpc) is 3.38. The first-order valence-electron chi connectivity index (χ1n) is 8.70. The standard InChI is InChI=1S/C18H21F3N4OS/c1-26-14-7-5-13(6-8-14)23-17(27)22-9-2-10-25-15(12-3-4-12)11-16(24-25)18(19,20)21/h5-8,11-12H,2-4,9-10H2,1H3,(H2,22,23,27). The third kappa shape index (κ3) is 5.35. The zero-order valence-electron chi connectivity index (χ0n) is 14.8. The molecule has 0 bridgehead atoms. The normalized spacial score (nSPS) is 14.1. The summed E-state index contributed by atoms with van der Waals surface area (Å²) in [5.74, 6) is 0.961. The van der Waals surface area contributed by atoms with E-state index < -0.39 is 11.9 Å². The highest BCUT2D eigenvalue weighted by atomic mass is 32.1. The minimum absolute atomic E-state index is 0.208. The number of hydrogen-bond donors (Lipinski definition) is 2. The number of nitrogens with zero attached hydrogens (tertiary/aromatic N) is 2. The lowest BCUT2D eigenvalue weighted by molar-refractivity contribution is -0.141. The smallest absolute Gasteiger partial charge is 0.435 e. The Morgan fingerprint density at radius 2 is 2.00 bits per heavy atom. The number of aromatic nitrogens is 2. The second kappa shape index (κ2) is 8.16. The lowest BCUT2D eigenvalue weighted by atomic mass is 10.2. The van der Waals surface area contributed by atoms with Gasteiger partial charge < -0.3 is 15.4 Å². The van der Waals surface area contributed by atoms with Crippen molar-refractivity contribution >= 4 is 23.0 Å². The lowest BCUT2D eigenvalue weighted by Gasteiger charge is -2.12. The van der Waals surface area contributed by atoms with Crippen LogP contribution in [0.3, 0.4) is 0 Å². The largest absolute Gasteiger partial charge is 0.497 e. The fourth-order valence-corrected chi connectivity index (χ4v) is 2.96. The van der Waals surface area contributed by atoms with Crippen LogP contribution in [-0.2, 0) is 12.7 Å². The highest BCUT2D eigenvalue weighted by molar-refractivity contribution is 7.80. The van der Waals surface area contributed by atoms with Gasteiger partial charge in [-0.1, -0.05) is 0 Å². The minimum Gasteiger partial charge on any atom is -0.497 e. The lowest BCUT2D eigenvalue weighted by Crippen LogP contribution is -2.29. The Bertz CT molecular complexity index is 785. The molecule has 1 aliphatic carbocycles. The molecule has 1 heterocycles. The number of rotatable bonds is 7. The number of methoxy groups -OCH3 is 1. The summed E-state index contributed by atoms with van der Waals surface area (Å²) in [6.07, 6.45) is -1.94. The molecule has 0 aliphatic heterocycles. The van der Waals surface area contributed by atoms with Crippen LogP contribution in [0.5, 0.6) is 5.75 Å². The van der Waals surface area contributed by atoms with Crippen molar-refractivity contribution in [1.29, 1.82) is 0 Å². The SMILES string of the molecule is COc1ccc(NC(=S)NCCCn2nc(C(F)(F)F)cc2C2CC2)cc1. The van der Waals surface area contributed by atoms with Crippen molar-refractivity contribution in [3.63, 3.8) is 0 Å². The molecule has 0 saturated heterocycles. The van der Waals surface area contributed by atoms with Crippen LogP contribution in [0.4, 0.5) is 18.9 Å². The zero-order chi connectivity index (χ0) is 19.4. The maximum absolute atomic E-state index is 12.9. The quantitative estimate of drug-likeness (QED) is 0.542. The van der Waals surface area contributed by atoms with Crippen molar-refractivity contribution < 1.29 is 17.9 Å². The van der Waals surface area contributed by atoms with E-state index in [4.69, 9.17) is 17.0 Å². The summed E-state index contributed by atoms with van der Waals surface area (Å²) in [6, 6.07) is 8.51. The van der Waals surface area contributed by atoms with Gasteiger partial charge in [-0.25, -0.2) is 0 Å². The summed E-state index contributed by atoms with van der Waals surface area (Å²) in [7, 11) is 1.60. The number of alkyl halides is 3. The van der Waals surface area contributed by atoms with Crippen molar-refractivity contribution in [2.45, 2.75) is 37.9 Å². The average molecular weight is 398 g/mol. The van der Waals surface area contributed by atoms with Gasteiger partial charge in [-0.15, -0.1) is 0 Å². The van der Waals surface area contributed by atoms with Crippen LogP contribution in [0, 0.1) is 0 Å². The molecule has 9 heteroatoms. The van der Waals surface area contributed by atoms with Crippen molar-refractivity contribution in [2.24, 2.45) is 0 Å². The van der Waals surface area contributed by atoms with Crippen LogP contribution in [0.15, 0.2) is 30.3 Å². The number of nitrogens with one attached hydrogen (secondary N) is 2. The molecule has 0 amide bonds. The van der Waals surface area contributed by atoms with Gasteiger partial charge in [0.2, 0.25) is 0 Å². The Labute approximate surface area is 160 Å². The van der Waals surface area contributed by atoms with Gasteiger partial charge >= 0.3 is 6.18 Å². The molecule has 0 radical (unpaired) electrons. The van der Waals surface area contributed by atoms with Gasteiger partial charge in [-0.2, -0.15) is 18.3 Å². The van der Waals surface area contributed by atoms with Crippen LogP contribution in [0.2, 0.25) is 0 Å². The van der Waals surface area contributed by atoms with E-state index in [9.17, 15) is 13.2 Å². The van der Waals surface area contributed by atoms with E-state index in [1.165, 1.54) is 10.7 Å². The van der Waals surface area contributed by atoms with E-state index in [2.05, 4.69) is 15.7 Å². The Morgan fingerprint density at radius 3 is 2.59 bits per heavy atom. The first-order valence-corrected chi connectivity index (χ1v) is 9.11. The summed E-state index contributed by atoms with van der Waals surface area (Å²) < 4.78 is 45.3. The maximum Gasteiger partial charge on any atom is 0.435 e. The summed E-state index contributed by atoms with van der Waals surface area (Å²) in [6.45, 7) is 0.952. The fourth-order valence-electron chi connectivity index (χ4n) is 2.74. The summed E-state index contributed by atoms with van der Waals surface area (Å²) in [5.41, 5.74) is 0.696. The fraction of sp³-hybridized carbons (Fsp3) is 0.444. The molecule has 1 aromatic carbocycles. The number of anilines is 1. The van der Waals surface area contributed by atoms with Gasteiger partial charge in [0, 0.05) is 30.4 Å². The molecule has 2 aromatic rings. The number of thiocarbonyl (C=S) groups is 1. The Morgan fingerprint density at radius 1 is 1.30 bits per heavy atom. The molecular formula is C18H21F3N4OS. The van der Waals surface area contributed by atoms with Gasteiger partial charge in [0.25, 0.3) is 0 Å². The summed E-state index contributed by atoms with van der Waals surface area (Å²) in [4.78, 5) is 0. The summed E-state index contributed by atoms with van der Waals surface area (Å²) >= 11 is 5.23. The number of halogens is 3. The molecule has 1 aromatic heterocycles. The van der Waals surface area contributed by atoms with Crippen molar-refractivity contribution in [2.75, 3.05) is 19.0 Å². The predicted molar refractivity (Wildman–Crippen MR) is 101 cm³/mol. The van der Waals surface area contributed by atoms with Crippen LogP contribution in [0.1, 0.15) is 36.6 Å². The maximum atomic E-state index is 12.9. The van der Waals surface area contributed by atoms with Gasteiger partial charge in [0.15, 0.2) is 10.8 Å². The molecule has 2 N–H and O–H groups in total. The third-order valence-corrected chi connectivity index (χ3v) is 4.52. The number of benzene rings is 1. The van der Waals surface area contributed by atoms with Gasteiger partial charge in [0.1, 0.15) is 5.75 Å². The molecule has 1 aliphatic rings. The van der Waals surface area contributed by atoms with Crippen molar-refractivity contribution in [3.05, 3.63) is 41.7 Å². The van der Waals surface area contributed by atoms with E-state index in [-0.39, 0.29) is 5.92 Å². The van der Waals surface area contributed by atoms with Crippen molar-refractivity contribution in [1.82, 2.24) is 15.1 Å². The molecule has 0 unspecified atom stereocenters. The molecule has 27 heavy (non-hydrogen) atoms. The van der Waals surface area contributed by atoms with E-state index in [1.807, 2.05) is 24.3 Å². The van der Waals surface area contributed by atoms with Crippen LogP contribution < -0.4 is 15.4 Å². The Hall–Kier alpha value is -2.29. The van der Waals surface area contributed by atoms with E-state index >= 15 is 0 Å². The molecule has 5 nitrogen and oxygen atoms in total.